The first-order valence-corrected chi connectivity index (χ1v) is 6.13. The lowest BCUT2D eigenvalue weighted by atomic mass is 9.92. The van der Waals surface area contributed by atoms with Crippen molar-refractivity contribution < 1.29 is 13.6 Å². The van der Waals surface area contributed by atoms with Crippen LogP contribution >= 0.6 is 11.6 Å². The van der Waals surface area contributed by atoms with Crippen LogP contribution in [-0.4, -0.2) is 5.78 Å². The summed E-state index contributed by atoms with van der Waals surface area (Å²) in [6.45, 7) is 1.64. The third-order valence-electron chi connectivity index (χ3n) is 2.98. The molecule has 0 fully saturated rings. The summed E-state index contributed by atoms with van der Waals surface area (Å²) in [4.78, 5) is 12.2. The molecule has 0 saturated carbocycles. The summed E-state index contributed by atoms with van der Waals surface area (Å²) in [5, 5.41) is -0.0771. The minimum atomic E-state index is -1.19. The Morgan fingerprint density at radius 1 is 1.11 bits per heavy atom. The van der Waals surface area contributed by atoms with E-state index in [1.165, 1.54) is 6.07 Å². The van der Waals surface area contributed by atoms with Crippen LogP contribution in [0.15, 0.2) is 42.5 Å². The van der Waals surface area contributed by atoms with Gasteiger partial charge in [0.05, 0.1) is 10.6 Å². The summed E-state index contributed by atoms with van der Waals surface area (Å²) in [6, 6.07) is 11.0. The van der Waals surface area contributed by atoms with Gasteiger partial charge in [0.1, 0.15) is 0 Å². The molecule has 1 unspecified atom stereocenters. The highest BCUT2D eigenvalue weighted by Crippen LogP contribution is 2.28. The van der Waals surface area contributed by atoms with Crippen LogP contribution in [-0.2, 0) is 0 Å². The molecule has 4 heteroatoms. The normalized spacial score (nSPS) is 12.2. The molecular weight excluding hydrogens is 270 g/mol. The number of hydrogen-bond donors (Lipinski definition) is 0. The molecule has 0 spiro atoms. The van der Waals surface area contributed by atoms with Gasteiger partial charge in [-0.2, -0.15) is 0 Å². The van der Waals surface area contributed by atoms with Gasteiger partial charge in [-0.3, -0.25) is 4.79 Å². The number of hydrogen-bond acceptors (Lipinski definition) is 1. The first-order chi connectivity index (χ1) is 9.02. The van der Waals surface area contributed by atoms with E-state index in [-0.39, 0.29) is 5.02 Å². The van der Waals surface area contributed by atoms with Gasteiger partial charge >= 0.3 is 0 Å². The Bertz CT molecular complexity index is 611. The highest BCUT2D eigenvalue weighted by Gasteiger charge is 2.24. The van der Waals surface area contributed by atoms with Gasteiger partial charge < -0.3 is 0 Å². The quantitative estimate of drug-likeness (QED) is 0.593. The van der Waals surface area contributed by atoms with Gasteiger partial charge in [0.25, 0.3) is 0 Å². The first kappa shape index (κ1) is 13.7. The van der Waals surface area contributed by atoms with E-state index in [9.17, 15) is 13.6 Å². The van der Waals surface area contributed by atoms with Crippen LogP contribution in [0.3, 0.4) is 0 Å². The monoisotopic (exact) mass is 280 g/mol. The van der Waals surface area contributed by atoms with Crippen molar-refractivity contribution in [3.8, 4) is 0 Å². The van der Waals surface area contributed by atoms with Crippen molar-refractivity contribution in [1.29, 1.82) is 0 Å². The molecule has 0 aliphatic heterocycles. The Morgan fingerprint density at radius 2 is 1.74 bits per heavy atom. The van der Waals surface area contributed by atoms with E-state index < -0.39 is 28.9 Å². The fourth-order valence-electron chi connectivity index (χ4n) is 1.86. The number of ketones is 1. The lowest BCUT2D eigenvalue weighted by Crippen LogP contribution is -2.13. The summed E-state index contributed by atoms with van der Waals surface area (Å²) in [7, 11) is 0. The van der Waals surface area contributed by atoms with Crippen molar-refractivity contribution in [3.05, 3.63) is 70.2 Å². The van der Waals surface area contributed by atoms with E-state index in [1.807, 2.05) is 6.07 Å². The average Bonchev–Trinajstić information content (AvgIpc) is 2.43. The van der Waals surface area contributed by atoms with Crippen molar-refractivity contribution in [3.63, 3.8) is 0 Å². The molecule has 2 aromatic rings. The standard InChI is InChI=1S/C15H11ClF2O/c1-9(10-5-3-2-4-6-10)15(19)13-11(16)7-8-12(17)14(13)18/h2-9H,1H3. The zero-order valence-corrected chi connectivity index (χ0v) is 10.9. The van der Waals surface area contributed by atoms with Crippen LogP contribution in [0.2, 0.25) is 5.02 Å². The van der Waals surface area contributed by atoms with Crippen molar-refractivity contribution in [2.45, 2.75) is 12.8 Å². The maximum absolute atomic E-state index is 13.7. The smallest absolute Gasteiger partial charge is 0.174 e. The van der Waals surface area contributed by atoms with Crippen molar-refractivity contribution in [1.82, 2.24) is 0 Å². The van der Waals surface area contributed by atoms with Gasteiger partial charge in [0.15, 0.2) is 17.4 Å². The molecule has 0 aliphatic rings. The summed E-state index contributed by atoms with van der Waals surface area (Å²) in [5.74, 6) is -3.39. The minimum absolute atomic E-state index is 0.0771. The van der Waals surface area contributed by atoms with E-state index in [4.69, 9.17) is 11.6 Å². The van der Waals surface area contributed by atoms with Crippen LogP contribution in [0, 0.1) is 11.6 Å². The van der Waals surface area contributed by atoms with Gasteiger partial charge in [0.2, 0.25) is 0 Å². The first-order valence-electron chi connectivity index (χ1n) is 5.75. The second-order valence-electron chi connectivity index (χ2n) is 4.21. The number of halogens is 3. The number of rotatable bonds is 3. The van der Waals surface area contributed by atoms with Crippen LogP contribution in [0.4, 0.5) is 8.78 Å². The maximum atomic E-state index is 13.7. The Kier molecular flexibility index (Phi) is 3.96. The molecule has 2 aromatic carbocycles. The third kappa shape index (κ3) is 2.66. The maximum Gasteiger partial charge on any atom is 0.174 e. The van der Waals surface area contributed by atoms with E-state index in [2.05, 4.69) is 0 Å². The molecule has 0 N–H and O–H groups in total. The summed E-state index contributed by atoms with van der Waals surface area (Å²) < 4.78 is 26.9. The summed E-state index contributed by atoms with van der Waals surface area (Å²) >= 11 is 5.80. The molecule has 2 rings (SSSR count). The highest BCUT2D eigenvalue weighted by atomic mass is 35.5. The summed E-state index contributed by atoms with van der Waals surface area (Å²) in [6.07, 6.45) is 0. The van der Waals surface area contributed by atoms with Crippen molar-refractivity contribution >= 4 is 17.4 Å². The third-order valence-corrected chi connectivity index (χ3v) is 3.30. The van der Waals surface area contributed by atoms with Gasteiger partial charge in [0, 0.05) is 5.92 Å². The second kappa shape index (κ2) is 5.49. The minimum Gasteiger partial charge on any atom is -0.293 e. The Hall–Kier alpha value is -1.74. The van der Waals surface area contributed by atoms with Gasteiger partial charge in [-0.05, 0) is 17.7 Å². The SMILES string of the molecule is CC(C(=O)c1c(Cl)ccc(F)c1F)c1ccccc1. The number of carbonyl (C=O) groups is 1. The topological polar surface area (TPSA) is 17.1 Å². The largest absolute Gasteiger partial charge is 0.293 e. The number of benzene rings is 2. The van der Waals surface area contributed by atoms with Crippen LogP contribution in [0.5, 0.6) is 0 Å². The molecule has 0 saturated heterocycles. The van der Waals surface area contributed by atoms with Gasteiger partial charge in [-0.25, -0.2) is 8.78 Å². The molecule has 0 heterocycles. The van der Waals surface area contributed by atoms with Crippen LogP contribution < -0.4 is 0 Å². The van der Waals surface area contributed by atoms with E-state index in [1.54, 1.807) is 31.2 Å². The zero-order valence-electron chi connectivity index (χ0n) is 10.2. The Morgan fingerprint density at radius 3 is 2.37 bits per heavy atom. The van der Waals surface area contributed by atoms with E-state index >= 15 is 0 Å². The van der Waals surface area contributed by atoms with Gasteiger partial charge in [-0.15, -0.1) is 0 Å². The van der Waals surface area contributed by atoms with Crippen molar-refractivity contribution in [2.24, 2.45) is 0 Å². The molecule has 98 valence electrons. The van der Waals surface area contributed by atoms with E-state index in [0.29, 0.717) is 0 Å². The second-order valence-corrected chi connectivity index (χ2v) is 4.62. The van der Waals surface area contributed by atoms with Crippen LogP contribution in [0.1, 0.15) is 28.8 Å². The number of Topliss-reactive ketones (excluding diaryl/α,β-unsaturated/α-hetero) is 1. The Balaban J connectivity index is 2.43. The molecule has 0 radical (unpaired) electrons. The summed E-state index contributed by atoms with van der Waals surface area (Å²) in [5.41, 5.74) is 0.338. The molecule has 0 aliphatic carbocycles. The predicted molar refractivity (Wildman–Crippen MR) is 70.6 cm³/mol. The molecule has 19 heavy (non-hydrogen) atoms. The molecule has 0 aromatic heterocycles. The average molecular weight is 281 g/mol. The fraction of sp³-hybridized carbons (Fsp3) is 0.133. The molecule has 1 atom stereocenters. The lowest BCUT2D eigenvalue weighted by Gasteiger charge is -2.12. The lowest BCUT2D eigenvalue weighted by molar-refractivity contribution is 0.0961. The fourth-order valence-corrected chi connectivity index (χ4v) is 2.10. The number of carbonyl (C=O) groups excluding carboxylic acids is 1. The van der Waals surface area contributed by atoms with E-state index in [0.717, 1.165) is 11.6 Å². The zero-order chi connectivity index (χ0) is 14.0. The van der Waals surface area contributed by atoms with Gasteiger partial charge in [-0.1, -0.05) is 48.9 Å². The highest BCUT2D eigenvalue weighted by molar-refractivity contribution is 6.34. The predicted octanol–water partition coefficient (Wildman–Crippen LogP) is 4.60. The van der Waals surface area contributed by atoms with Crippen LogP contribution in [0.25, 0.3) is 0 Å². The molecular formula is C15H11ClF2O. The van der Waals surface area contributed by atoms with Crippen molar-refractivity contribution in [2.75, 3.05) is 0 Å². The molecule has 1 nitrogen and oxygen atoms in total. The molecule has 0 amide bonds. The molecule has 0 bridgehead atoms. The Labute approximate surface area is 114 Å².